The Morgan fingerprint density at radius 1 is 1.17 bits per heavy atom. The molecule has 1 N–H and O–H groups in total. The molecule has 2 aromatic carbocycles. The third-order valence-electron chi connectivity index (χ3n) is 6.07. The number of benzene rings is 2. The Balaban J connectivity index is 1.34. The zero-order chi connectivity index (χ0) is 25.1. The van der Waals surface area contributed by atoms with E-state index in [2.05, 4.69) is 56.7 Å². The summed E-state index contributed by atoms with van der Waals surface area (Å²) in [4.78, 5) is 8.57. The molecule has 0 saturated carbocycles. The van der Waals surface area contributed by atoms with Gasteiger partial charge in [-0.25, -0.2) is 14.4 Å². The van der Waals surface area contributed by atoms with Crippen LogP contribution in [0.25, 0.3) is 11.0 Å². The number of hydrogen-bond acceptors (Lipinski definition) is 7. The summed E-state index contributed by atoms with van der Waals surface area (Å²) in [5.74, 6) is 0.00705. The lowest BCUT2D eigenvalue weighted by atomic mass is 10.1. The van der Waals surface area contributed by atoms with Gasteiger partial charge in [-0.3, -0.25) is 9.36 Å². The molecule has 1 atom stereocenters. The van der Waals surface area contributed by atoms with Gasteiger partial charge in [0.2, 0.25) is 0 Å². The Kier molecular flexibility index (Phi) is 6.28. The van der Waals surface area contributed by atoms with Gasteiger partial charge in [-0.1, -0.05) is 24.3 Å². The molecule has 0 spiro atoms. The average molecular weight is 483 g/mol. The van der Waals surface area contributed by atoms with E-state index in [1.165, 1.54) is 25.6 Å². The molecule has 10 heteroatoms. The Morgan fingerprint density at radius 3 is 2.72 bits per heavy atom. The van der Waals surface area contributed by atoms with Crippen molar-refractivity contribution in [1.82, 2.24) is 29.5 Å². The van der Waals surface area contributed by atoms with Crippen LogP contribution in [-0.4, -0.2) is 36.6 Å². The van der Waals surface area contributed by atoms with Gasteiger partial charge in [0.25, 0.3) is 0 Å². The Bertz CT molecular complexity index is 1540. The molecule has 5 aromatic rings. The lowest BCUT2D eigenvalue weighted by Crippen LogP contribution is -2.07. The van der Waals surface area contributed by atoms with Crippen molar-refractivity contribution in [3.8, 4) is 11.8 Å². The predicted octanol–water partition coefficient (Wildman–Crippen LogP) is 4.31. The van der Waals surface area contributed by atoms with E-state index in [-0.39, 0.29) is 29.5 Å². The minimum atomic E-state index is -0.574. The summed E-state index contributed by atoms with van der Waals surface area (Å²) in [7, 11) is 1.39. The van der Waals surface area contributed by atoms with Gasteiger partial charge >= 0.3 is 0 Å². The lowest BCUT2D eigenvalue weighted by molar-refractivity contribution is 0.384. The summed E-state index contributed by atoms with van der Waals surface area (Å²) in [6.45, 7) is 2.71. The quantitative estimate of drug-likeness (QED) is 0.351. The fourth-order valence-corrected chi connectivity index (χ4v) is 4.06. The van der Waals surface area contributed by atoms with Gasteiger partial charge < -0.3 is 10.1 Å². The maximum Gasteiger partial charge on any atom is 0.186 e. The average Bonchev–Trinajstić information content (AvgIpc) is 3.58. The van der Waals surface area contributed by atoms with Crippen LogP contribution in [0.1, 0.15) is 35.2 Å². The summed E-state index contributed by atoms with van der Waals surface area (Å²) in [5.41, 5.74) is 3.20. The summed E-state index contributed by atoms with van der Waals surface area (Å²) in [5, 5.41) is 22.1. The van der Waals surface area contributed by atoms with E-state index in [0.29, 0.717) is 23.4 Å². The highest BCUT2D eigenvalue weighted by Gasteiger charge is 2.16. The van der Waals surface area contributed by atoms with Crippen LogP contribution in [-0.2, 0) is 13.1 Å². The van der Waals surface area contributed by atoms with Gasteiger partial charge in [0.1, 0.15) is 12.1 Å². The number of nitrogens with one attached hydrogen (secondary N) is 1. The van der Waals surface area contributed by atoms with E-state index >= 15 is 0 Å². The number of fused-ring (bicyclic) bond motifs is 1. The van der Waals surface area contributed by atoms with Crippen molar-refractivity contribution in [2.75, 3.05) is 12.4 Å². The third-order valence-corrected chi connectivity index (χ3v) is 6.07. The van der Waals surface area contributed by atoms with Crippen LogP contribution >= 0.6 is 0 Å². The topological polar surface area (TPSA) is 106 Å². The van der Waals surface area contributed by atoms with Crippen molar-refractivity contribution in [1.29, 1.82) is 5.26 Å². The number of halogens is 1. The van der Waals surface area contributed by atoms with Crippen LogP contribution < -0.4 is 10.1 Å². The van der Waals surface area contributed by atoms with Crippen molar-refractivity contribution >= 4 is 16.9 Å². The first-order chi connectivity index (χ1) is 17.6. The minimum Gasteiger partial charge on any atom is -0.494 e. The molecule has 0 bridgehead atoms. The van der Waals surface area contributed by atoms with Gasteiger partial charge in [-0.05, 0) is 36.2 Å². The van der Waals surface area contributed by atoms with Crippen LogP contribution in [0.4, 0.5) is 10.2 Å². The van der Waals surface area contributed by atoms with Crippen molar-refractivity contribution in [3.63, 3.8) is 0 Å². The highest BCUT2D eigenvalue weighted by atomic mass is 19.1. The molecule has 0 aliphatic rings. The zero-order valence-corrected chi connectivity index (χ0v) is 19.8. The normalized spacial score (nSPS) is 11.8. The number of anilines is 1. The van der Waals surface area contributed by atoms with Crippen molar-refractivity contribution in [3.05, 3.63) is 95.5 Å². The van der Waals surface area contributed by atoms with Crippen LogP contribution in [0.15, 0.2) is 67.4 Å². The van der Waals surface area contributed by atoms with E-state index in [1.807, 2.05) is 29.2 Å². The van der Waals surface area contributed by atoms with Crippen LogP contribution in [0.5, 0.6) is 5.75 Å². The van der Waals surface area contributed by atoms with Gasteiger partial charge in [-0.2, -0.15) is 15.5 Å². The van der Waals surface area contributed by atoms with Crippen LogP contribution in [0.3, 0.4) is 0 Å². The Hall–Kier alpha value is -4.78. The minimum absolute atomic E-state index is 0.0547. The molecule has 3 aromatic heterocycles. The highest BCUT2D eigenvalue weighted by Crippen LogP contribution is 2.26. The second-order valence-electron chi connectivity index (χ2n) is 8.26. The third kappa shape index (κ3) is 4.46. The first-order valence-corrected chi connectivity index (χ1v) is 11.3. The maximum absolute atomic E-state index is 14.8. The molecular weight excluding hydrogens is 459 g/mol. The number of hydrogen-bond donors (Lipinski definition) is 1. The molecule has 0 aliphatic heterocycles. The number of rotatable bonds is 8. The van der Waals surface area contributed by atoms with Gasteiger partial charge in [0.05, 0.1) is 36.7 Å². The highest BCUT2D eigenvalue weighted by molar-refractivity contribution is 5.85. The number of nitrogens with zero attached hydrogens (tertiary/aromatic N) is 7. The fourth-order valence-electron chi connectivity index (χ4n) is 4.06. The molecular formula is C26H23FN8O. The standard InChI is InChI=1S/C26H23FN8O/c1-17(35-11-3-10-32-35)19-6-4-18(5-7-19)14-34-15-22-25(30-16-31-26(22)33-34)29-13-21-20(12-28)8-9-23(36-2)24(21)27/h3-11,15-17H,13-14H2,1-2H3,(H,29,30,31,33). The molecule has 0 radical (unpaired) electrons. The van der Waals surface area contributed by atoms with Crippen LogP contribution in [0.2, 0.25) is 0 Å². The molecule has 0 saturated heterocycles. The first kappa shape index (κ1) is 23.0. The summed E-state index contributed by atoms with van der Waals surface area (Å²) in [6, 6.07) is 15.4. The van der Waals surface area contributed by atoms with E-state index in [4.69, 9.17) is 4.74 Å². The second-order valence-corrected chi connectivity index (χ2v) is 8.26. The van der Waals surface area contributed by atoms with Gasteiger partial charge in [0.15, 0.2) is 17.2 Å². The molecule has 36 heavy (non-hydrogen) atoms. The zero-order valence-electron chi connectivity index (χ0n) is 19.8. The molecule has 0 aliphatic carbocycles. The molecule has 3 heterocycles. The van der Waals surface area contributed by atoms with E-state index in [9.17, 15) is 9.65 Å². The molecule has 5 rings (SSSR count). The number of aromatic nitrogens is 6. The molecule has 9 nitrogen and oxygen atoms in total. The number of methoxy groups -OCH3 is 1. The van der Waals surface area contributed by atoms with Crippen molar-refractivity contribution in [2.45, 2.75) is 26.1 Å². The smallest absolute Gasteiger partial charge is 0.186 e. The summed E-state index contributed by atoms with van der Waals surface area (Å²) >= 11 is 0. The fraction of sp³-hybridized carbons (Fsp3) is 0.192. The first-order valence-electron chi connectivity index (χ1n) is 11.3. The Morgan fingerprint density at radius 2 is 2.00 bits per heavy atom. The largest absolute Gasteiger partial charge is 0.494 e. The summed E-state index contributed by atoms with van der Waals surface area (Å²) < 4.78 is 23.5. The molecule has 0 amide bonds. The monoisotopic (exact) mass is 482 g/mol. The SMILES string of the molecule is COc1ccc(C#N)c(CNc2ncnc3nn(Cc4ccc(C(C)n5cccn5)cc4)cc23)c1F. The summed E-state index contributed by atoms with van der Waals surface area (Å²) in [6.07, 6.45) is 6.98. The van der Waals surface area contributed by atoms with Gasteiger partial charge in [0, 0.05) is 30.7 Å². The maximum atomic E-state index is 14.8. The van der Waals surface area contributed by atoms with Crippen molar-refractivity contribution in [2.24, 2.45) is 0 Å². The Labute approximate surface area is 206 Å². The van der Waals surface area contributed by atoms with E-state index in [1.54, 1.807) is 10.9 Å². The number of ether oxygens (including phenoxy) is 1. The lowest BCUT2D eigenvalue weighted by Gasteiger charge is -2.13. The molecule has 180 valence electrons. The van der Waals surface area contributed by atoms with E-state index in [0.717, 1.165) is 11.1 Å². The van der Waals surface area contributed by atoms with Gasteiger partial charge in [-0.15, -0.1) is 0 Å². The van der Waals surface area contributed by atoms with Crippen molar-refractivity contribution < 1.29 is 9.13 Å². The van der Waals surface area contributed by atoms with E-state index < -0.39 is 5.82 Å². The molecule has 0 fully saturated rings. The second kappa shape index (κ2) is 9.84. The molecule has 1 unspecified atom stereocenters. The number of nitriles is 1. The van der Waals surface area contributed by atoms with Crippen LogP contribution in [0, 0.1) is 17.1 Å². The predicted molar refractivity (Wildman–Crippen MR) is 132 cm³/mol.